The predicted octanol–water partition coefficient (Wildman–Crippen LogP) is 3.38. The van der Waals surface area contributed by atoms with E-state index >= 15 is 0 Å². The maximum Gasteiger partial charge on any atom is 0.508 e. The number of aliphatic carboxylic acids is 1. The highest BCUT2D eigenvalue weighted by Gasteiger charge is 2.65. The van der Waals surface area contributed by atoms with Gasteiger partial charge < -0.3 is 19.5 Å². The number of nitro benzene ring substituents is 1. The first-order chi connectivity index (χ1) is 17.0. The lowest BCUT2D eigenvalue weighted by atomic mass is 9.71. The number of non-ortho nitro benzene ring substituents is 1. The number of hydrogen-bond donors (Lipinski definition) is 1. The minimum atomic E-state index is -1.24. The topological polar surface area (TPSA) is 162 Å². The molecule has 188 valence electrons. The number of amides is 1. The van der Waals surface area contributed by atoms with Crippen molar-refractivity contribution in [2.75, 3.05) is 0 Å². The van der Waals surface area contributed by atoms with E-state index in [4.69, 9.17) is 9.47 Å². The first kappa shape index (κ1) is 25.1. The summed E-state index contributed by atoms with van der Waals surface area (Å²) in [4.78, 5) is 57.6. The first-order valence-electron chi connectivity index (χ1n) is 10.8. The Morgan fingerprint density at radius 2 is 1.89 bits per heavy atom. The molecular formula is C23H22N4O8S. The van der Waals surface area contributed by atoms with Gasteiger partial charge in [0.2, 0.25) is 5.91 Å². The molecule has 1 N–H and O–H groups in total. The van der Waals surface area contributed by atoms with Crippen LogP contribution < -0.4 is 0 Å². The highest BCUT2D eigenvalue weighted by molar-refractivity contribution is 8.03. The second-order valence-corrected chi connectivity index (χ2v) is 9.78. The molecule has 0 bridgehead atoms. The minimum absolute atomic E-state index is 0.0899. The number of nitro groups is 1. The molecule has 1 saturated heterocycles. The van der Waals surface area contributed by atoms with Gasteiger partial charge in [-0.1, -0.05) is 25.6 Å². The van der Waals surface area contributed by atoms with E-state index in [1.54, 1.807) is 25.4 Å². The molecule has 3 atom stereocenters. The van der Waals surface area contributed by atoms with E-state index < -0.39 is 46.4 Å². The highest BCUT2D eigenvalue weighted by Crippen LogP contribution is 2.58. The van der Waals surface area contributed by atoms with Crippen molar-refractivity contribution in [1.29, 1.82) is 0 Å². The summed E-state index contributed by atoms with van der Waals surface area (Å²) in [7, 11) is 0. The van der Waals surface area contributed by atoms with Gasteiger partial charge in [-0.3, -0.25) is 14.9 Å². The summed E-state index contributed by atoms with van der Waals surface area (Å²) < 4.78 is 10.4. The van der Waals surface area contributed by atoms with Crippen LogP contribution in [0.3, 0.4) is 0 Å². The molecule has 4 rings (SSSR count). The lowest BCUT2D eigenvalue weighted by molar-refractivity contribution is -0.384. The monoisotopic (exact) mass is 514 g/mol. The molecule has 0 spiro atoms. The van der Waals surface area contributed by atoms with Gasteiger partial charge in [0.25, 0.3) is 5.69 Å². The van der Waals surface area contributed by atoms with Crippen molar-refractivity contribution in [3.05, 3.63) is 69.0 Å². The zero-order valence-corrected chi connectivity index (χ0v) is 20.3. The summed E-state index contributed by atoms with van der Waals surface area (Å²) in [6.45, 7) is 5.02. The Bertz CT molecular complexity index is 1250. The third-order valence-electron chi connectivity index (χ3n) is 6.15. The third kappa shape index (κ3) is 4.49. The second kappa shape index (κ2) is 9.57. The Morgan fingerprint density at radius 1 is 1.25 bits per heavy atom. The van der Waals surface area contributed by atoms with Crippen molar-refractivity contribution in [3.8, 4) is 0 Å². The Kier molecular flexibility index (Phi) is 6.67. The summed E-state index contributed by atoms with van der Waals surface area (Å²) in [5.41, 5.74) is -0.478. The molecule has 2 aliphatic heterocycles. The average molecular weight is 515 g/mol. The number of nitrogens with zero attached hydrogens (tertiary/aromatic N) is 4. The van der Waals surface area contributed by atoms with Crippen molar-refractivity contribution < 1.29 is 33.9 Å². The molecule has 0 aliphatic carbocycles. The zero-order valence-electron chi connectivity index (χ0n) is 19.5. The molecule has 3 unspecified atom stereocenters. The number of fused-ring (bicyclic) bond motifs is 1. The standard InChI is InChI=1S/C23H22N4O8S/c1-12(35-22(31)34-11-13-5-7-14(8-6-13)27(32)33)15-17-23(2,3)18(36-21-24-9-4-10-25-21)16(20(29)30)26(17)19(15)28/h4-10,12,15,17H,11H2,1-3H3,(H,29,30). The van der Waals surface area contributed by atoms with Gasteiger partial charge >= 0.3 is 12.1 Å². The Labute approximate surface area is 209 Å². The van der Waals surface area contributed by atoms with Gasteiger partial charge in [-0.2, -0.15) is 0 Å². The van der Waals surface area contributed by atoms with Crippen LogP contribution in [0.2, 0.25) is 0 Å². The molecule has 13 heteroatoms. The van der Waals surface area contributed by atoms with Crippen molar-refractivity contribution in [3.63, 3.8) is 0 Å². The number of carbonyl (C=O) groups excluding carboxylic acids is 2. The fraction of sp³-hybridized carbons (Fsp3) is 0.348. The Hall–Kier alpha value is -4.00. The van der Waals surface area contributed by atoms with E-state index in [2.05, 4.69) is 9.97 Å². The predicted molar refractivity (Wildman–Crippen MR) is 124 cm³/mol. The van der Waals surface area contributed by atoms with Crippen LogP contribution in [-0.2, 0) is 25.7 Å². The van der Waals surface area contributed by atoms with Crippen molar-refractivity contribution >= 4 is 35.5 Å². The number of aromatic nitrogens is 2. The number of rotatable bonds is 8. The zero-order chi connectivity index (χ0) is 26.2. The van der Waals surface area contributed by atoms with Gasteiger partial charge in [0.05, 0.1) is 16.9 Å². The van der Waals surface area contributed by atoms with Crippen LogP contribution in [0.1, 0.15) is 26.3 Å². The summed E-state index contributed by atoms with van der Waals surface area (Å²) in [5, 5.41) is 21.0. The van der Waals surface area contributed by atoms with Crippen LogP contribution in [-0.4, -0.2) is 55.1 Å². The number of β-lactam (4-membered cyclic amide) rings is 1. The van der Waals surface area contributed by atoms with Gasteiger partial charge in [-0.25, -0.2) is 19.6 Å². The number of carboxylic acid groups (broad SMARTS) is 1. The van der Waals surface area contributed by atoms with E-state index in [1.165, 1.54) is 29.2 Å². The van der Waals surface area contributed by atoms with E-state index in [9.17, 15) is 29.6 Å². The molecule has 0 radical (unpaired) electrons. The quantitative estimate of drug-likeness (QED) is 0.181. The second-order valence-electron chi connectivity index (χ2n) is 8.80. The molecule has 1 aromatic heterocycles. The Morgan fingerprint density at radius 3 is 2.47 bits per heavy atom. The molecular weight excluding hydrogens is 492 g/mol. The van der Waals surface area contributed by atoms with Crippen molar-refractivity contribution in [2.45, 2.75) is 44.7 Å². The molecule has 2 aliphatic rings. The van der Waals surface area contributed by atoms with Gasteiger partial charge in [-0.15, -0.1) is 0 Å². The maximum atomic E-state index is 13.0. The summed E-state index contributed by atoms with van der Waals surface area (Å²) in [5.74, 6) is -2.49. The number of carbonyl (C=O) groups is 3. The van der Waals surface area contributed by atoms with Crippen LogP contribution in [0.25, 0.3) is 0 Å². The first-order valence-corrected chi connectivity index (χ1v) is 11.7. The molecule has 0 saturated carbocycles. The van der Waals surface area contributed by atoms with E-state index in [-0.39, 0.29) is 18.0 Å². The summed E-state index contributed by atoms with van der Waals surface area (Å²) >= 11 is 1.09. The van der Waals surface area contributed by atoms with Crippen LogP contribution in [0.5, 0.6) is 0 Å². The van der Waals surface area contributed by atoms with Gasteiger partial charge in [-0.05, 0) is 30.7 Å². The fourth-order valence-electron chi connectivity index (χ4n) is 4.46. The van der Waals surface area contributed by atoms with Crippen molar-refractivity contribution in [2.24, 2.45) is 11.3 Å². The number of carboxylic acids is 1. The molecule has 12 nitrogen and oxygen atoms in total. The molecule has 1 amide bonds. The van der Waals surface area contributed by atoms with Gasteiger partial charge in [0.1, 0.15) is 18.4 Å². The van der Waals surface area contributed by atoms with E-state index in [0.29, 0.717) is 15.6 Å². The molecule has 1 fully saturated rings. The maximum absolute atomic E-state index is 13.0. The summed E-state index contributed by atoms with van der Waals surface area (Å²) in [6, 6.07) is 6.58. The smallest absolute Gasteiger partial charge is 0.477 e. The molecule has 1 aromatic carbocycles. The SMILES string of the molecule is CC(OC(=O)OCc1ccc([N+](=O)[O-])cc1)C1C(=O)N2C(C(=O)O)=C(Sc3ncccn3)C(C)(C)C12. The average Bonchev–Trinajstić information content (AvgIpc) is 3.02. The van der Waals surface area contributed by atoms with Crippen LogP contribution in [0.15, 0.2) is 58.5 Å². The lowest BCUT2D eigenvalue weighted by Gasteiger charge is -2.50. The molecule has 3 heterocycles. The highest BCUT2D eigenvalue weighted by atomic mass is 32.2. The minimum Gasteiger partial charge on any atom is -0.477 e. The fourth-order valence-corrected chi connectivity index (χ4v) is 5.54. The summed E-state index contributed by atoms with van der Waals surface area (Å²) in [6.07, 6.45) is 1.18. The van der Waals surface area contributed by atoms with Crippen molar-refractivity contribution in [1.82, 2.24) is 14.9 Å². The third-order valence-corrected chi connectivity index (χ3v) is 7.47. The van der Waals surface area contributed by atoms with Crippen LogP contribution in [0, 0.1) is 21.4 Å². The Balaban J connectivity index is 1.44. The van der Waals surface area contributed by atoms with Gasteiger partial charge in [0.15, 0.2) is 5.16 Å². The van der Waals surface area contributed by atoms with Crippen LogP contribution in [0.4, 0.5) is 10.5 Å². The molecule has 36 heavy (non-hydrogen) atoms. The van der Waals surface area contributed by atoms with E-state index in [0.717, 1.165) is 11.8 Å². The van der Waals surface area contributed by atoms with Crippen LogP contribution >= 0.6 is 11.8 Å². The number of hydrogen-bond acceptors (Lipinski definition) is 10. The van der Waals surface area contributed by atoms with Gasteiger partial charge in [0, 0.05) is 34.8 Å². The lowest BCUT2D eigenvalue weighted by Crippen LogP contribution is -2.66. The molecule has 2 aromatic rings. The largest absolute Gasteiger partial charge is 0.508 e. The number of benzene rings is 1. The normalized spacial score (nSPS) is 20.9. The number of thioether (sulfide) groups is 1. The number of ether oxygens (including phenoxy) is 2. The van der Waals surface area contributed by atoms with E-state index in [1.807, 2.05) is 13.8 Å².